The summed E-state index contributed by atoms with van der Waals surface area (Å²) in [6, 6.07) is 9.12. The molecule has 0 saturated carbocycles. The van der Waals surface area contributed by atoms with Crippen molar-refractivity contribution >= 4 is 46.3 Å². The number of amides is 3. The van der Waals surface area contributed by atoms with E-state index >= 15 is 0 Å². The molecule has 32 heavy (non-hydrogen) atoms. The molecule has 7 nitrogen and oxygen atoms in total. The van der Waals surface area contributed by atoms with E-state index < -0.39 is 23.6 Å². The summed E-state index contributed by atoms with van der Waals surface area (Å²) >= 11 is 7.09. The van der Waals surface area contributed by atoms with E-state index in [9.17, 15) is 18.4 Å². The average molecular weight is 478 g/mol. The van der Waals surface area contributed by atoms with E-state index in [1.165, 1.54) is 4.90 Å². The summed E-state index contributed by atoms with van der Waals surface area (Å²) in [6.45, 7) is 0.799. The molecule has 0 aliphatic carbocycles. The minimum Gasteiger partial charge on any atom is -0.324 e. The van der Waals surface area contributed by atoms with Crippen molar-refractivity contribution in [1.82, 2.24) is 15.1 Å². The van der Waals surface area contributed by atoms with E-state index in [0.29, 0.717) is 35.2 Å². The Labute approximate surface area is 191 Å². The third-order valence-electron chi connectivity index (χ3n) is 4.95. The largest absolute Gasteiger partial charge is 0.324 e. The molecule has 2 heterocycles. The van der Waals surface area contributed by atoms with E-state index in [4.69, 9.17) is 11.6 Å². The molecular weight excluding hydrogens is 460 g/mol. The van der Waals surface area contributed by atoms with Crippen LogP contribution in [0.25, 0.3) is 0 Å². The van der Waals surface area contributed by atoms with Crippen molar-refractivity contribution in [1.29, 1.82) is 0 Å². The summed E-state index contributed by atoms with van der Waals surface area (Å²) in [5, 5.41) is 14.6. The number of likely N-dealkylation sites (tertiary alicyclic amines) is 1. The topological polar surface area (TPSA) is 87.2 Å². The standard InChI is InChI=1S/C21H18ClF2N5O2S/c22-13-4-1-5-15(9-13)25-18(30)20-28-27-19(32-20)12-3-2-8-29(11-12)21(31)26-17-10-14(23)6-7-16(17)24/h1,4-7,9-10,12H,2-3,8,11H2,(H,25,30)(H,26,31). The van der Waals surface area contributed by atoms with Gasteiger partial charge in [0.25, 0.3) is 5.91 Å². The molecule has 0 radical (unpaired) electrons. The lowest BCUT2D eigenvalue weighted by Gasteiger charge is -2.31. The normalized spacial score (nSPS) is 16.0. The van der Waals surface area contributed by atoms with Gasteiger partial charge in [-0.1, -0.05) is 29.0 Å². The summed E-state index contributed by atoms with van der Waals surface area (Å²) in [4.78, 5) is 26.6. The molecule has 4 rings (SSSR count). The molecule has 0 bridgehead atoms. The number of aromatic nitrogens is 2. The van der Waals surface area contributed by atoms with Crippen LogP contribution in [-0.2, 0) is 0 Å². The second-order valence-electron chi connectivity index (χ2n) is 7.25. The third-order valence-corrected chi connectivity index (χ3v) is 6.26. The summed E-state index contributed by atoms with van der Waals surface area (Å²) in [6.07, 6.45) is 1.47. The van der Waals surface area contributed by atoms with Gasteiger partial charge in [0.1, 0.15) is 16.6 Å². The van der Waals surface area contributed by atoms with Gasteiger partial charge < -0.3 is 15.5 Å². The van der Waals surface area contributed by atoms with Crippen LogP contribution in [0.4, 0.5) is 25.0 Å². The monoisotopic (exact) mass is 477 g/mol. The van der Waals surface area contributed by atoms with Crippen molar-refractivity contribution in [3.05, 3.63) is 69.1 Å². The lowest BCUT2D eigenvalue weighted by Crippen LogP contribution is -2.41. The summed E-state index contributed by atoms with van der Waals surface area (Å²) in [5.41, 5.74) is 0.331. The van der Waals surface area contributed by atoms with E-state index in [-0.39, 0.29) is 16.6 Å². The zero-order valence-electron chi connectivity index (χ0n) is 16.6. The molecule has 166 valence electrons. The van der Waals surface area contributed by atoms with E-state index in [1.54, 1.807) is 24.3 Å². The molecule has 2 aromatic carbocycles. The average Bonchev–Trinajstić information content (AvgIpc) is 3.27. The zero-order valence-corrected chi connectivity index (χ0v) is 18.2. The Morgan fingerprint density at radius 1 is 1.12 bits per heavy atom. The lowest BCUT2D eigenvalue weighted by atomic mass is 9.99. The van der Waals surface area contributed by atoms with Crippen LogP contribution >= 0.6 is 22.9 Å². The van der Waals surface area contributed by atoms with Crippen molar-refractivity contribution in [2.45, 2.75) is 18.8 Å². The third kappa shape index (κ3) is 5.20. The fraction of sp³-hybridized carbons (Fsp3) is 0.238. The highest BCUT2D eigenvalue weighted by Gasteiger charge is 2.28. The second kappa shape index (κ2) is 9.58. The van der Waals surface area contributed by atoms with Crippen molar-refractivity contribution in [2.75, 3.05) is 23.7 Å². The molecule has 1 fully saturated rings. The van der Waals surface area contributed by atoms with Gasteiger partial charge in [-0.05, 0) is 43.2 Å². The van der Waals surface area contributed by atoms with Crippen LogP contribution < -0.4 is 10.6 Å². The maximum atomic E-state index is 13.8. The zero-order chi connectivity index (χ0) is 22.7. The fourth-order valence-electron chi connectivity index (χ4n) is 3.39. The highest BCUT2D eigenvalue weighted by atomic mass is 35.5. The molecule has 1 aromatic heterocycles. The minimum absolute atomic E-state index is 0.114. The van der Waals surface area contributed by atoms with Gasteiger partial charge in [-0.25, -0.2) is 13.6 Å². The number of rotatable bonds is 4. The Bertz CT molecular complexity index is 1160. The van der Waals surface area contributed by atoms with Crippen LogP contribution in [0.2, 0.25) is 5.02 Å². The number of hydrogen-bond donors (Lipinski definition) is 2. The number of halogens is 3. The van der Waals surface area contributed by atoms with Gasteiger partial charge in [0, 0.05) is 35.8 Å². The first kappa shape index (κ1) is 22.1. The number of nitrogens with zero attached hydrogens (tertiary/aromatic N) is 3. The molecule has 1 saturated heterocycles. The van der Waals surface area contributed by atoms with Gasteiger partial charge in [-0.15, -0.1) is 10.2 Å². The molecule has 3 aromatic rings. The van der Waals surface area contributed by atoms with Gasteiger partial charge in [0.15, 0.2) is 0 Å². The van der Waals surface area contributed by atoms with Crippen LogP contribution in [0.3, 0.4) is 0 Å². The van der Waals surface area contributed by atoms with Crippen molar-refractivity contribution < 1.29 is 18.4 Å². The van der Waals surface area contributed by atoms with Crippen LogP contribution in [0.1, 0.15) is 33.6 Å². The van der Waals surface area contributed by atoms with Crippen LogP contribution in [-0.4, -0.2) is 40.1 Å². The first-order valence-electron chi connectivity index (χ1n) is 9.80. The second-order valence-corrected chi connectivity index (χ2v) is 8.69. The first-order chi connectivity index (χ1) is 15.4. The highest BCUT2D eigenvalue weighted by molar-refractivity contribution is 7.13. The van der Waals surface area contributed by atoms with Crippen molar-refractivity contribution in [3.8, 4) is 0 Å². The Morgan fingerprint density at radius 3 is 2.78 bits per heavy atom. The predicted octanol–water partition coefficient (Wildman–Crippen LogP) is 5.13. The summed E-state index contributed by atoms with van der Waals surface area (Å²) < 4.78 is 27.2. The summed E-state index contributed by atoms with van der Waals surface area (Å²) in [5.74, 6) is -1.87. The maximum absolute atomic E-state index is 13.8. The Balaban J connectivity index is 1.40. The Kier molecular flexibility index (Phi) is 6.61. The molecular formula is C21H18ClF2N5O2S. The Morgan fingerprint density at radius 2 is 1.97 bits per heavy atom. The van der Waals surface area contributed by atoms with Crippen LogP contribution in [0, 0.1) is 11.6 Å². The van der Waals surface area contributed by atoms with Crippen LogP contribution in [0.15, 0.2) is 42.5 Å². The molecule has 0 spiro atoms. The molecule has 1 unspecified atom stereocenters. The van der Waals surface area contributed by atoms with Crippen LogP contribution in [0.5, 0.6) is 0 Å². The predicted molar refractivity (Wildman–Crippen MR) is 118 cm³/mol. The van der Waals surface area contributed by atoms with Gasteiger partial charge >= 0.3 is 6.03 Å². The number of hydrogen-bond acceptors (Lipinski definition) is 5. The first-order valence-corrected chi connectivity index (χ1v) is 11.0. The minimum atomic E-state index is -0.715. The van der Waals surface area contributed by atoms with E-state index in [2.05, 4.69) is 20.8 Å². The summed E-state index contributed by atoms with van der Waals surface area (Å²) in [7, 11) is 0. The maximum Gasteiger partial charge on any atom is 0.321 e. The molecule has 1 aliphatic heterocycles. The highest BCUT2D eigenvalue weighted by Crippen LogP contribution is 2.30. The van der Waals surface area contributed by atoms with Gasteiger partial charge in [-0.2, -0.15) is 0 Å². The smallest absolute Gasteiger partial charge is 0.321 e. The van der Waals surface area contributed by atoms with Gasteiger partial charge in [0.05, 0.1) is 5.69 Å². The van der Waals surface area contributed by atoms with Crippen molar-refractivity contribution in [3.63, 3.8) is 0 Å². The molecule has 11 heteroatoms. The molecule has 2 N–H and O–H groups in total. The molecule has 1 atom stereocenters. The number of anilines is 2. The fourth-order valence-corrected chi connectivity index (χ4v) is 4.45. The van der Waals surface area contributed by atoms with E-state index in [1.807, 2.05) is 0 Å². The van der Waals surface area contributed by atoms with E-state index in [0.717, 1.165) is 36.0 Å². The number of nitrogens with one attached hydrogen (secondary N) is 2. The van der Waals surface area contributed by atoms with Gasteiger partial charge in [0.2, 0.25) is 5.01 Å². The van der Waals surface area contributed by atoms with Gasteiger partial charge in [-0.3, -0.25) is 4.79 Å². The van der Waals surface area contributed by atoms with Crippen molar-refractivity contribution in [2.24, 2.45) is 0 Å². The number of benzene rings is 2. The number of carbonyl (C=O) groups excluding carboxylic acids is 2. The quantitative estimate of drug-likeness (QED) is 0.545. The number of carbonyl (C=O) groups is 2. The number of piperidine rings is 1. The number of urea groups is 1. The molecule has 1 aliphatic rings. The molecule has 3 amide bonds. The lowest BCUT2D eigenvalue weighted by molar-refractivity contribution is 0.102. The Hall–Kier alpha value is -3.11. The SMILES string of the molecule is O=C(Nc1cccc(Cl)c1)c1nnc(C2CCCN(C(=O)Nc3cc(F)ccc3F)C2)s1.